The second-order valence-corrected chi connectivity index (χ2v) is 9.54. The summed E-state index contributed by atoms with van der Waals surface area (Å²) >= 11 is 0. The van der Waals surface area contributed by atoms with Gasteiger partial charge in [-0.25, -0.2) is 12.8 Å². The normalized spacial score (nSPS) is 15.8. The van der Waals surface area contributed by atoms with Crippen LogP contribution in [-0.2, 0) is 25.8 Å². The Hall–Kier alpha value is -2.74. The van der Waals surface area contributed by atoms with Crippen LogP contribution in [0.4, 0.5) is 15.8 Å². The van der Waals surface area contributed by atoms with E-state index in [1.165, 1.54) is 30.3 Å². The Morgan fingerprint density at radius 3 is 2.52 bits per heavy atom. The second-order valence-electron chi connectivity index (χ2n) is 7.43. The maximum atomic E-state index is 12.9. The molecule has 152 valence electrons. The van der Waals surface area contributed by atoms with Crippen LogP contribution >= 0.6 is 0 Å². The largest absolute Gasteiger partial charge is 0.326 e. The average molecular weight is 416 g/mol. The molecular formula is C21H21FN2O4S. The third-order valence-corrected chi connectivity index (χ3v) is 6.94. The van der Waals surface area contributed by atoms with E-state index >= 15 is 0 Å². The Labute approximate surface area is 168 Å². The van der Waals surface area contributed by atoms with Gasteiger partial charge in [-0.1, -0.05) is 0 Å². The number of amides is 2. The van der Waals surface area contributed by atoms with E-state index in [4.69, 9.17) is 0 Å². The molecule has 29 heavy (non-hydrogen) atoms. The molecule has 6 nitrogen and oxygen atoms in total. The molecule has 1 fully saturated rings. The molecule has 1 aliphatic heterocycles. The monoisotopic (exact) mass is 416 g/mol. The predicted octanol–water partition coefficient (Wildman–Crippen LogP) is 2.93. The van der Waals surface area contributed by atoms with Crippen molar-refractivity contribution in [1.82, 2.24) is 0 Å². The summed E-state index contributed by atoms with van der Waals surface area (Å²) in [5.41, 5.74) is 2.04. The molecule has 1 N–H and O–H groups in total. The van der Waals surface area contributed by atoms with Crippen LogP contribution in [0.5, 0.6) is 0 Å². The fraction of sp³-hybridized carbons (Fsp3) is 0.333. The molecule has 1 saturated carbocycles. The number of hydrogen-bond donors (Lipinski definition) is 1. The molecule has 0 atom stereocenters. The average Bonchev–Trinajstić information content (AvgIpc) is 3.47. The lowest BCUT2D eigenvalue weighted by molar-refractivity contribution is -0.119. The summed E-state index contributed by atoms with van der Waals surface area (Å²) < 4.78 is 38.2. The van der Waals surface area contributed by atoms with Gasteiger partial charge in [0.1, 0.15) is 5.82 Å². The van der Waals surface area contributed by atoms with Gasteiger partial charge in [0, 0.05) is 30.3 Å². The molecule has 8 heteroatoms. The molecule has 2 aromatic rings. The van der Waals surface area contributed by atoms with Crippen molar-refractivity contribution in [1.29, 1.82) is 0 Å². The van der Waals surface area contributed by atoms with Crippen molar-refractivity contribution in [2.75, 3.05) is 22.5 Å². The summed E-state index contributed by atoms with van der Waals surface area (Å²) in [5.74, 6) is -0.966. The minimum atomic E-state index is -3.64. The number of nitrogens with zero attached hydrogens (tertiary/aromatic N) is 1. The van der Waals surface area contributed by atoms with Crippen molar-refractivity contribution >= 4 is 33.0 Å². The van der Waals surface area contributed by atoms with Crippen molar-refractivity contribution in [3.63, 3.8) is 0 Å². The molecule has 0 bridgehead atoms. The van der Waals surface area contributed by atoms with E-state index < -0.39 is 21.6 Å². The van der Waals surface area contributed by atoms with Crippen LogP contribution < -0.4 is 10.2 Å². The Morgan fingerprint density at radius 1 is 1.10 bits per heavy atom. The highest BCUT2D eigenvalue weighted by Gasteiger charge is 2.36. The summed E-state index contributed by atoms with van der Waals surface area (Å²) in [6.45, 7) is 0.578. The van der Waals surface area contributed by atoms with Gasteiger partial charge in [0.25, 0.3) is 0 Å². The number of carbonyl (C=O) groups excluding carboxylic acids is 2. The van der Waals surface area contributed by atoms with Gasteiger partial charge in [-0.2, -0.15) is 0 Å². The molecule has 1 aliphatic carbocycles. The number of hydrogen-bond acceptors (Lipinski definition) is 4. The number of rotatable bonds is 6. The van der Waals surface area contributed by atoms with Gasteiger partial charge in [0.2, 0.25) is 11.8 Å². The van der Waals surface area contributed by atoms with E-state index in [-0.39, 0.29) is 28.9 Å². The molecule has 2 amide bonds. The van der Waals surface area contributed by atoms with Gasteiger partial charge >= 0.3 is 0 Å². The van der Waals surface area contributed by atoms with Gasteiger partial charge in [-0.15, -0.1) is 0 Å². The first-order valence-corrected chi connectivity index (χ1v) is 11.2. The van der Waals surface area contributed by atoms with E-state index in [9.17, 15) is 22.4 Å². The number of anilines is 2. The second kappa shape index (κ2) is 7.59. The fourth-order valence-electron chi connectivity index (χ4n) is 3.45. The molecular weight excluding hydrogens is 395 g/mol. The number of benzene rings is 2. The molecule has 0 radical (unpaired) electrons. The van der Waals surface area contributed by atoms with Crippen LogP contribution in [0.1, 0.15) is 24.8 Å². The van der Waals surface area contributed by atoms with E-state index in [0.29, 0.717) is 18.7 Å². The fourth-order valence-corrected chi connectivity index (χ4v) is 4.74. The minimum absolute atomic E-state index is 0.115. The third-order valence-electron chi connectivity index (χ3n) is 5.22. The minimum Gasteiger partial charge on any atom is -0.326 e. The third kappa shape index (κ3) is 4.32. The number of carbonyl (C=O) groups is 2. The summed E-state index contributed by atoms with van der Waals surface area (Å²) in [6.07, 6.45) is 2.28. The van der Waals surface area contributed by atoms with Crippen molar-refractivity contribution in [2.24, 2.45) is 5.92 Å². The number of sulfone groups is 1. The van der Waals surface area contributed by atoms with Crippen molar-refractivity contribution in [3.05, 3.63) is 53.8 Å². The van der Waals surface area contributed by atoms with Crippen LogP contribution in [0.2, 0.25) is 0 Å². The quantitative estimate of drug-likeness (QED) is 0.785. The van der Waals surface area contributed by atoms with Gasteiger partial charge in [0.15, 0.2) is 9.84 Å². The maximum Gasteiger partial charge on any atom is 0.230 e. The lowest BCUT2D eigenvalue weighted by Crippen LogP contribution is -2.30. The lowest BCUT2D eigenvalue weighted by Gasteiger charge is -2.17. The van der Waals surface area contributed by atoms with E-state index in [0.717, 1.165) is 24.1 Å². The first kappa shape index (κ1) is 19.6. The number of fused-ring (bicyclic) bond motifs is 1. The Morgan fingerprint density at radius 2 is 1.83 bits per heavy atom. The van der Waals surface area contributed by atoms with Crippen molar-refractivity contribution in [2.45, 2.75) is 30.6 Å². The summed E-state index contributed by atoms with van der Waals surface area (Å²) in [6, 6.07) is 10.1. The zero-order chi connectivity index (χ0) is 20.6. The molecule has 0 spiro atoms. The van der Waals surface area contributed by atoms with Crippen LogP contribution in [0.25, 0.3) is 0 Å². The first-order chi connectivity index (χ1) is 13.8. The predicted molar refractivity (Wildman–Crippen MR) is 107 cm³/mol. The van der Waals surface area contributed by atoms with Crippen molar-refractivity contribution in [3.8, 4) is 0 Å². The number of halogens is 1. The van der Waals surface area contributed by atoms with Gasteiger partial charge < -0.3 is 10.2 Å². The summed E-state index contributed by atoms with van der Waals surface area (Å²) in [4.78, 5) is 26.3. The molecule has 4 rings (SSSR count). The van der Waals surface area contributed by atoms with Gasteiger partial charge in [0.05, 0.1) is 10.6 Å². The maximum absolute atomic E-state index is 12.9. The van der Waals surface area contributed by atoms with Gasteiger partial charge in [-0.05, 0) is 67.3 Å². The van der Waals surface area contributed by atoms with E-state index in [1.807, 2.05) is 0 Å². The Balaban J connectivity index is 1.40. The standard InChI is InChI=1S/C21H21FN2O4S/c22-16-3-5-17(6-4-16)23-20(25)10-12-29(27,28)18-7-8-19-15(13-18)9-11-24(19)21(26)14-1-2-14/h3-8,13-14H,1-2,9-12H2,(H,23,25). The lowest BCUT2D eigenvalue weighted by atomic mass is 10.2. The zero-order valence-corrected chi connectivity index (χ0v) is 16.5. The molecule has 0 saturated heterocycles. The van der Waals surface area contributed by atoms with Crippen LogP contribution in [-0.4, -0.2) is 32.5 Å². The van der Waals surface area contributed by atoms with Crippen LogP contribution in [0.3, 0.4) is 0 Å². The highest BCUT2D eigenvalue weighted by atomic mass is 32.2. The first-order valence-electron chi connectivity index (χ1n) is 9.56. The van der Waals surface area contributed by atoms with Crippen molar-refractivity contribution < 1.29 is 22.4 Å². The van der Waals surface area contributed by atoms with Crippen LogP contribution in [0, 0.1) is 11.7 Å². The summed E-state index contributed by atoms with van der Waals surface area (Å²) in [7, 11) is -3.64. The summed E-state index contributed by atoms with van der Waals surface area (Å²) in [5, 5.41) is 2.56. The van der Waals surface area contributed by atoms with E-state index in [1.54, 1.807) is 17.0 Å². The zero-order valence-electron chi connectivity index (χ0n) is 15.7. The molecule has 2 aliphatic rings. The highest BCUT2D eigenvalue weighted by Crippen LogP contribution is 2.37. The number of nitrogens with one attached hydrogen (secondary N) is 1. The molecule has 0 unspecified atom stereocenters. The Bertz CT molecular complexity index is 1060. The molecule has 1 heterocycles. The SMILES string of the molecule is O=C(CCS(=O)(=O)c1ccc2c(c1)CCN2C(=O)C1CC1)Nc1ccc(F)cc1. The van der Waals surface area contributed by atoms with Gasteiger partial charge in [-0.3, -0.25) is 9.59 Å². The van der Waals surface area contributed by atoms with Crippen LogP contribution in [0.15, 0.2) is 47.4 Å². The topological polar surface area (TPSA) is 83.6 Å². The molecule has 0 aromatic heterocycles. The molecule has 2 aromatic carbocycles. The Kier molecular flexibility index (Phi) is 5.12. The van der Waals surface area contributed by atoms with E-state index in [2.05, 4.69) is 5.32 Å². The smallest absolute Gasteiger partial charge is 0.230 e. The highest BCUT2D eigenvalue weighted by molar-refractivity contribution is 7.91.